The van der Waals surface area contributed by atoms with Gasteiger partial charge in [0.15, 0.2) is 0 Å². The molecule has 0 saturated carbocycles. The van der Waals surface area contributed by atoms with Crippen molar-refractivity contribution in [3.63, 3.8) is 0 Å². The number of benzene rings is 3. The summed E-state index contributed by atoms with van der Waals surface area (Å²) in [6.07, 6.45) is 0. The van der Waals surface area contributed by atoms with Gasteiger partial charge >= 0.3 is 0 Å². The fraction of sp³-hybridized carbons (Fsp3) is 0.344. The van der Waals surface area contributed by atoms with E-state index in [2.05, 4.69) is 61.8 Å². The predicted molar refractivity (Wildman–Crippen MR) is 162 cm³/mol. The lowest BCUT2D eigenvalue weighted by atomic mass is 9.98. The second kappa shape index (κ2) is 10.5. The topological polar surface area (TPSA) is 53.7 Å². The number of aliphatic imine (C=N–C) groups is 1. The van der Waals surface area contributed by atoms with Crippen LogP contribution in [0.25, 0.3) is 10.9 Å². The van der Waals surface area contributed by atoms with Crippen LogP contribution in [-0.2, 0) is 6.54 Å². The molecule has 1 aliphatic heterocycles. The average Bonchev–Trinajstić information content (AvgIpc) is 3.21. The molecule has 3 aromatic carbocycles. The summed E-state index contributed by atoms with van der Waals surface area (Å²) in [6.45, 7) is 9.83. The summed E-state index contributed by atoms with van der Waals surface area (Å²) in [5, 5.41) is 1.13. The molecule has 4 aromatic rings. The van der Waals surface area contributed by atoms with Crippen molar-refractivity contribution in [2.45, 2.75) is 45.8 Å². The molecule has 0 fully saturated rings. The van der Waals surface area contributed by atoms with Crippen molar-refractivity contribution < 1.29 is 0 Å². The van der Waals surface area contributed by atoms with Gasteiger partial charge < -0.3 is 9.80 Å². The molecular formula is C32H36ClN5O. The largest absolute Gasteiger partial charge is 0.378 e. The molecule has 1 unspecified atom stereocenters. The highest BCUT2D eigenvalue weighted by atomic mass is 35.5. The maximum Gasteiger partial charge on any atom is 0.261 e. The van der Waals surface area contributed by atoms with E-state index in [0.29, 0.717) is 22.5 Å². The van der Waals surface area contributed by atoms with Crippen LogP contribution in [0.3, 0.4) is 0 Å². The van der Waals surface area contributed by atoms with E-state index in [1.807, 2.05) is 49.0 Å². The first-order chi connectivity index (χ1) is 18.5. The normalized spacial score (nSPS) is 15.6. The molecule has 6 nitrogen and oxygen atoms in total. The first-order valence-corrected chi connectivity index (χ1v) is 13.8. The minimum absolute atomic E-state index is 0.0616. The van der Waals surface area contributed by atoms with Gasteiger partial charge in [0, 0.05) is 36.9 Å². The molecule has 5 rings (SSSR count). The lowest BCUT2D eigenvalue weighted by Gasteiger charge is -2.35. The maximum atomic E-state index is 14.0. The number of nitrogens with zero attached hydrogens (tertiary/aromatic N) is 5. The number of hydrogen-bond donors (Lipinski definition) is 0. The van der Waals surface area contributed by atoms with Crippen molar-refractivity contribution >= 4 is 34.0 Å². The highest BCUT2D eigenvalue weighted by Crippen LogP contribution is 2.36. The molecule has 0 aliphatic carbocycles. The van der Waals surface area contributed by atoms with Crippen molar-refractivity contribution in [2.24, 2.45) is 10.9 Å². The Hall–Kier alpha value is -3.64. The van der Waals surface area contributed by atoms with Crippen molar-refractivity contribution in [3.8, 4) is 0 Å². The van der Waals surface area contributed by atoms with E-state index in [1.54, 1.807) is 18.2 Å². The van der Waals surface area contributed by atoms with Crippen molar-refractivity contribution in [3.05, 3.63) is 105 Å². The highest BCUT2D eigenvalue weighted by molar-refractivity contribution is 6.31. The van der Waals surface area contributed by atoms with Gasteiger partial charge in [0.1, 0.15) is 11.7 Å². The average molecular weight is 542 g/mol. The molecule has 0 spiro atoms. The Morgan fingerprint density at radius 3 is 2.33 bits per heavy atom. The quantitative estimate of drug-likeness (QED) is 0.271. The zero-order valence-corrected chi connectivity index (χ0v) is 24.3. The molecule has 39 heavy (non-hydrogen) atoms. The van der Waals surface area contributed by atoms with Crippen LogP contribution in [0.15, 0.2) is 82.6 Å². The number of halogens is 1. The third-order valence-electron chi connectivity index (χ3n) is 7.24. The van der Waals surface area contributed by atoms with Crippen LogP contribution in [0, 0.1) is 5.92 Å². The van der Waals surface area contributed by atoms with E-state index >= 15 is 0 Å². The molecule has 0 N–H and O–H groups in total. The van der Waals surface area contributed by atoms with E-state index in [0.717, 1.165) is 35.0 Å². The van der Waals surface area contributed by atoms with Crippen LogP contribution in [0.2, 0.25) is 5.02 Å². The SMILES string of the molecule is CC(C)C(c1nc2cc(Cl)ccc2c(=O)n1Cc1ccccc1)N1CC(C)(C)N=C1c1ccc(N(C)C)cc1. The van der Waals surface area contributed by atoms with Crippen molar-refractivity contribution in [2.75, 3.05) is 25.5 Å². The third-order valence-corrected chi connectivity index (χ3v) is 7.48. The predicted octanol–water partition coefficient (Wildman–Crippen LogP) is 6.40. The zero-order chi connectivity index (χ0) is 27.9. The zero-order valence-electron chi connectivity index (χ0n) is 23.5. The third kappa shape index (κ3) is 5.44. The Labute approximate surface area is 235 Å². The molecule has 1 aromatic heterocycles. The van der Waals surface area contributed by atoms with Crippen LogP contribution >= 0.6 is 11.6 Å². The Balaban J connectivity index is 1.69. The molecule has 0 bridgehead atoms. The van der Waals surface area contributed by atoms with Gasteiger partial charge in [0.25, 0.3) is 5.56 Å². The van der Waals surface area contributed by atoms with Crippen molar-refractivity contribution in [1.82, 2.24) is 14.5 Å². The van der Waals surface area contributed by atoms with E-state index in [9.17, 15) is 4.79 Å². The van der Waals surface area contributed by atoms with Crippen LogP contribution in [0.1, 0.15) is 50.7 Å². The first kappa shape index (κ1) is 26.9. The van der Waals surface area contributed by atoms with Gasteiger partial charge in [-0.2, -0.15) is 0 Å². The number of rotatable bonds is 7. The maximum absolute atomic E-state index is 14.0. The van der Waals surface area contributed by atoms with Crippen LogP contribution in [0.4, 0.5) is 5.69 Å². The minimum atomic E-state index is -0.284. The monoisotopic (exact) mass is 541 g/mol. The standard InChI is InChI=1S/C32H36ClN5O/c1-21(2)28(38-20-32(3,4)35-29(38)23-12-15-25(16-13-23)36(5)6)30-34-27-18-24(33)14-17-26(27)31(39)37(30)19-22-10-8-7-9-11-22/h7-18,21,28H,19-20H2,1-6H3. The summed E-state index contributed by atoms with van der Waals surface area (Å²) in [6, 6.07) is 23.7. The van der Waals surface area contributed by atoms with E-state index in [-0.39, 0.29) is 23.1 Å². The smallest absolute Gasteiger partial charge is 0.261 e. The molecule has 202 valence electrons. The number of hydrogen-bond acceptors (Lipinski definition) is 5. The van der Waals surface area contributed by atoms with Gasteiger partial charge in [0.05, 0.1) is 29.0 Å². The number of fused-ring (bicyclic) bond motifs is 1. The second-order valence-electron chi connectivity index (χ2n) is 11.5. The number of anilines is 1. The van der Waals surface area contributed by atoms with Gasteiger partial charge in [0.2, 0.25) is 0 Å². The van der Waals surface area contributed by atoms with Gasteiger partial charge in [-0.15, -0.1) is 0 Å². The highest BCUT2D eigenvalue weighted by Gasteiger charge is 2.39. The van der Waals surface area contributed by atoms with E-state index in [1.165, 1.54) is 0 Å². The summed E-state index contributed by atoms with van der Waals surface area (Å²) >= 11 is 6.36. The molecule has 0 saturated heterocycles. The molecule has 1 atom stereocenters. The van der Waals surface area contributed by atoms with Gasteiger partial charge in [-0.1, -0.05) is 55.8 Å². The van der Waals surface area contributed by atoms with Crippen LogP contribution in [0.5, 0.6) is 0 Å². The van der Waals surface area contributed by atoms with Crippen LogP contribution < -0.4 is 10.5 Å². The lowest BCUT2D eigenvalue weighted by molar-refractivity contribution is 0.225. The minimum Gasteiger partial charge on any atom is -0.378 e. The van der Waals surface area contributed by atoms with Crippen LogP contribution in [-0.4, -0.2) is 46.5 Å². The molecular weight excluding hydrogens is 506 g/mol. The Kier molecular flexibility index (Phi) is 7.25. The van der Waals surface area contributed by atoms with E-state index in [4.69, 9.17) is 21.6 Å². The van der Waals surface area contributed by atoms with Gasteiger partial charge in [-0.25, -0.2) is 4.98 Å². The van der Waals surface area contributed by atoms with Gasteiger partial charge in [-0.05, 0) is 67.8 Å². The Morgan fingerprint density at radius 1 is 1.00 bits per heavy atom. The fourth-order valence-corrected chi connectivity index (χ4v) is 5.57. The Bertz CT molecular complexity index is 1570. The molecule has 1 aliphatic rings. The first-order valence-electron chi connectivity index (χ1n) is 13.4. The summed E-state index contributed by atoms with van der Waals surface area (Å²) in [7, 11) is 4.08. The summed E-state index contributed by atoms with van der Waals surface area (Å²) < 4.78 is 1.84. The lowest BCUT2D eigenvalue weighted by Crippen LogP contribution is -2.42. The molecule has 0 radical (unpaired) electrons. The second-order valence-corrected chi connectivity index (χ2v) is 12.0. The summed E-state index contributed by atoms with van der Waals surface area (Å²) in [5.74, 6) is 1.80. The van der Waals surface area contributed by atoms with Gasteiger partial charge in [-0.3, -0.25) is 14.4 Å². The molecule has 2 heterocycles. The Morgan fingerprint density at radius 2 is 1.69 bits per heavy atom. The fourth-order valence-electron chi connectivity index (χ4n) is 5.40. The summed E-state index contributed by atoms with van der Waals surface area (Å²) in [4.78, 5) is 28.8. The van der Waals surface area contributed by atoms with E-state index < -0.39 is 0 Å². The molecule has 7 heteroatoms. The van der Waals surface area contributed by atoms with Crippen molar-refractivity contribution in [1.29, 1.82) is 0 Å². The number of aromatic nitrogens is 2. The molecule has 0 amide bonds. The summed E-state index contributed by atoms with van der Waals surface area (Å²) in [5.41, 5.74) is 3.51. The number of amidine groups is 1.